The lowest BCUT2D eigenvalue weighted by Crippen LogP contribution is -2.37. The van der Waals surface area contributed by atoms with Gasteiger partial charge in [0, 0.05) is 28.1 Å². The molecule has 0 saturated carbocycles. The number of thiophene rings is 1. The van der Waals surface area contributed by atoms with E-state index < -0.39 is 0 Å². The number of hydrogen-bond donors (Lipinski definition) is 1. The van der Waals surface area contributed by atoms with E-state index in [0.29, 0.717) is 11.7 Å². The van der Waals surface area contributed by atoms with Gasteiger partial charge in [0.25, 0.3) is 0 Å². The number of thioether (sulfide) groups is 1. The molecule has 0 bridgehead atoms. The molecular weight excluding hydrogens is 320 g/mol. The van der Waals surface area contributed by atoms with Crippen LogP contribution in [0.15, 0.2) is 22.2 Å². The molecule has 1 amide bonds. The van der Waals surface area contributed by atoms with Crippen LogP contribution >= 0.6 is 34.4 Å². The van der Waals surface area contributed by atoms with Crippen LogP contribution in [0.2, 0.25) is 0 Å². The average Bonchev–Trinajstić information content (AvgIpc) is 3.08. The number of rotatable bonds is 7. The largest absolute Gasteiger partial charge is 0.353 e. The molecule has 0 aliphatic heterocycles. The zero-order chi connectivity index (χ0) is 15.2. The molecule has 21 heavy (non-hydrogen) atoms. The molecule has 114 valence electrons. The zero-order valence-electron chi connectivity index (χ0n) is 12.5. The highest BCUT2D eigenvalue weighted by Crippen LogP contribution is 2.27. The second-order valence-electron chi connectivity index (χ2n) is 5.25. The van der Waals surface area contributed by atoms with E-state index in [0.717, 1.165) is 16.5 Å². The second-order valence-corrected chi connectivity index (χ2v) is 7.87. The molecule has 0 aromatic carbocycles. The van der Waals surface area contributed by atoms with Crippen LogP contribution < -0.4 is 5.32 Å². The molecule has 1 unspecified atom stereocenters. The van der Waals surface area contributed by atoms with Crippen molar-refractivity contribution >= 4 is 40.3 Å². The van der Waals surface area contributed by atoms with Gasteiger partial charge in [0.2, 0.25) is 5.91 Å². The Kier molecular flexibility index (Phi) is 6.26. The average molecular weight is 341 g/mol. The fraction of sp³-hybridized carbons (Fsp3) is 0.467. The predicted molar refractivity (Wildman–Crippen MR) is 94.0 cm³/mol. The Hall–Kier alpha value is -0.850. The number of carbonyl (C=O) groups is 1. The molecule has 1 atom stereocenters. The molecule has 2 aromatic rings. The highest BCUT2D eigenvalue weighted by molar-refractivity contribution is 7.99. The van der Waals surface area contributed by atoms with Crippen molar-refractivity contribution in [2.75, 3.05) is 5.75 Å². The third-order valence-corrected chi connectivity index (χ3v) is 5.78. The van der Waals surface area contributed by atoms with Gasteiger partial charge < -0.3 is 5.32 Å². The number of carbonyl (C=O) groups excluding carboxylic acids is 1. The highest BCUT2D eigenvalue weighted by Gasteiger charge is 2.11. The van der Waals surface area contributed by atoms with Crippen LogP contribution in [-0.2, 0) is 10.5 Å². The van der Waals surface area contributed by atoms with Gasteiger partial charge in [-0.1, -0.05) is 13.8 Å². The Morgan fingerprint density at radius 3 is 2.86 bits per heavy atom. The number of thiazole rings is 1. The van der Waals surface area contributed by atoms with Crippen LogP contribution in [-0.4, -0.2) is 22.7 Å². The fourth-order valence-corrected chi connectivity index (χ4v) is 3.97. The maximum absolute atomic E-state index is 11.8. The van der Waals surface area contributed by atoms with Gasteiger partial charge >= 0.3 is 0 Å². The molecule has 0 fully saturated rings. The number of amides is 1. The molecular formula is C15H20N2OS3. The minimum Gasteiger partial charge on any atom is -0.353 e. The van der Waals surface area contributed by atoms with Crippen LogP contribution in [0.5, 0.6) is 0 Å². The minimum absolute atomic E-state index is 0.106. The number of hydrogen-bond acceptors (Lipinski definition) is 5. The first-order valence-electron chi connectivity index (χ1n) is 6.90. The Balaban J connectivity index is 1.75. The predicted octanol–water partition coefficient (Wildman–Crippen LogP) is 4.27. The van der Waals surface area contributed by atoms with E-state index in [-0.39, 0.29) is 11.9 Å². The van der Waals surface area contributed by atoms with Crippen molar-refractivity contribution in [1.29, 1.82) is 0 Å². The van der Waals surface area contributed by atoms with Gasteiger partial charge in [-0.05, 0) is 24.3 Å². The molecule has 6 heteroatoms. The maximum atomic E-state index is 11.8. The Bertz CT molecular complexity index is 563. The Morgan fingerprint density at radius 2 is 2.19 bits per heavy atom. The fourth-order valence-electron chi connectivity index (χ4n) is 1.60. The van der Waals surface area contributed by atoms with Crippen molar-refractivity contribution in [3.63, 3.8) is 0 Å². The van der Waals surface area contributed by atoms with E-state index in [4.69, 9.17) is 0 Å². The van der Waals surface area contributed by atoms with Crippen molar-refractivity contribution in [2.45, 2.75) is 32.6 Å². The van der Waals surface area contributed by atoms with Crippen LogP contribution in [0, 0.1) is 5.92 Å². The topological polar surface area (TPSA) is 42.0 Å². The molecule has 3 nitrogen and oxygen atoms in total. The first kappa shape index (κ1) is 16.5. The van der Waals surface area contributed by atoms with E-state index in [1.165, 1.54) is 5.56 Å². The highest BCUT2D eigenvalue weighted by atomic mass is 32.2. The number of nitrogens with one attached hydrogen (secondary N) is 1. The summed E-state index contributed by atoms with van der Waals surface area (Å²) in [4.78, 5) is 16.4. The van der Waals surface area contributed by atoms with Crippen LogP contribution in [0.25, 0.3) is 10.6 Å². The summed E-state index contributed by atoms with van der Waals surface area (Å²) >= 11 is 4.96. The van der Waals surface area contributed by atoms with Gasteiger partial charge in [-0.3, -0.25) is 4.79 Å². The summed E-state index contributed by atoms with van der Waals surface area (Å²) in [5.41, 5.74) is 2.24. The molecule has 2 heterocycles. The number of nitrogens with zero attached hydrogens (tertiary/aromatic N) is 1. The quantitative estimate of drug-likeness (QED) is 0.818. The van der Waals surface area contributed by atoms with Gasteiger partial charge in [-0.25, -0.2) is 4.98 Å². The third-order valence-electron chi connectivity index (χ3n) is 3.19. The maximum Gasteiger partial charge on any atom is 0.230 e. The van der Waals surface area contributed by atoms with Crippen molar-refractivity contribution in [2.24, 2.45) is 5.92 Å². The summed E-state index contributed by atoms with van der Waals surface area (Å²) in [6.45, 7) is 6.26. The van der Waals surface area contributed by atoms with Gasteiger partial charge in [0.05, 0.1) is 11.4 Å². The standard InChI is InChI=1S/C15H20N2OS3/c1-10(2)11(3)16-14(18)9-20-7-13-8-21-15(17-13)12-4-5-19-6-12/h4-6,8,10-11H,7,9H2,1-3H3,(H,16,18). The molecule has 0 aliphatic carbocycles. The monoisotopic (exact) mass is 340 g/mol. The van der Waals surface area contributed by atoms with Gasteiger partial charge in [0.15, 0.2) is 0 Å². The van der Waals surface area contributed by atoms with Crippen LogP contribution in [0.4, 0.5) is 0 Å². The lowest BCUT2D eigenvalue weighted by Gasteiger charge is -2.17. The molecule has 0 spiro atoms. The summed E-state index contributed by atoms with van der Waals surface area (Å²) < 4.78 is 0. The van der Waals surface area contributed by atoms with Gasteiger partial charge in [-0.2, -0.15) is 11.3 Å². The van der Waals surface area contributed by atoms with E-state index in [1.54, 1.807) is 34.4 Å². The van der Waals surface area contributed by atoms with Crippen molar-refractivity contribution < 1.29 is 4.79 Å². The van der Waals surface area contributed by atoms with E-state index in [1.807, 2.05) is 6.92 Å². The number of aromatic nitrogens is 1. The first-order chi connectivity index (χ1) is 10.1. The summed E-state index contributed by atoms with van der Waals surface area (Å²) in [6.07, 6.45) is 0. The first-order valence-corrected chi connectivity index (χ1v) is 9.88. The third kappa shape index (κ3) is 5.13. The van der Waals surface area contributed by atoms with Crippen molar-refractivity contribution in [1.82, 2.24) is 10.3 Å². The Labute approximate surface area is 138 Å². The van der Waals surface area contributed by atoms with Crippen molar-refractivity contribution in [3.8, 4) is 10.6 Å². The zero-order valence-corrected chi connectivity index (χ0v) is 14.9. The molecule has 1 N–H and O–H groups in total. The summed E-state index contributed by atoms with van der Waals surface area (Å²) in [5, 5.41) is 10.3. The van der Waals surface area contributed by atoms with Gasteiger partial charge in [0.1, 0.15) is 5.01 Å². The normalized spacial score (nSPS) is 12.6. The smallest absolute Gasteiger partial charge is 0.230 e. The summed E-state index contributed by atoms with van der Waals surface area (Å²) in [7, 11) is 0. The van der Waals surface area contributed by atoms with Crippen LogP contribution in [0.1, 0.15) is 26.5 Å². The summed E-state index contributed by atoms with van der Waals surface area (Å²) in [6, 6.07) is 2.31. The molecule has 2 rings (SSSR count). The SMILES string of the molecule is CC(C)C(C)NC(=O)CSCc1csc(-c2ccsc2)n1. The molecule has 0 radical (unpaired) electrons. The molecule has 0 aliphatic rings. The van der Waals surface area contributed by atoms with Gasteiger partial charge in [-0.15, -0.1) is 23.1 Å². The van der Waals surface area contributed by atoms with E-state index in [9.17, 15) is 4.79 Å². The molecule has 0 saturated heterocycles. The Morgan fingerprint density at radius 1 is 1.38 bits per heavy atom. The van der Waals surface area contributed by atoms with Crippen LogP contribution in [0.3, 0.4) is 0 Å². The van der Waals surface area contributed by atoms with E-state index in [2.05, 4.69) is 46.4 Å². The molecule has 2 aromatic heterocycles. The lowest BCUT2D eigenvalue weighted by atomic mass is 10.1. The van der Waals surface area contributed by atoms with E-state index >= 15 is 0 Å². The summed E-state index contributed by atoms with van der Waals surface area (Å²) in [5.74, 6) is 1.84. The van der Waals surface area contributed by atoms with Crippen molar-refractivity contribution in [3.05, 3.63) is 27.9 Å². The minimum atomic E-state index is 0.106. The lowest BCUT2D eigenvalue weighted by molar-refractivity contribution is -0.119. The second kappa shape index (κ2) is 7.96.